The zero-order valence-electron chi connectivity index (χ0n) is 17.1. The van der Waals surface area contributed by atoms with Gasteiger partial charge >= 0.3 is 5.97 Å². The quantitative estimate of drug-likeness (QED) is 0.552. The summed E-state index contributed by atoms with van der Waals surface area (Å²) in [6.45, 7) is 2.05. The van der Waals surface area contributed by atoms with Crippen molar-refractivity contribution in [2.45, 2.75) is 19.8 Å². The van der Waals surface area contributed by atoms with Crippen LogP contribution in [0.25, 0.3) is 6.08 Å². The average Bonchev–Trinajstić information content (AvgIpc) is 3.01. The van der Waals surface area contributed by atoms with Gasteiger partial charge in [0.2, 0.25) is 0 Å². The van der Waals surface area contributed by atoms with Crippen molar-refractivity contribution in [3.8, 4) is 11.5 Å². The Hall–Kier alpha value is -3.26. The number of amides is 2. The molecular formula is C23H23NO6S. The second kappa shape index (κ2) is 10.7. The number of benzene rings is 2. The van der Waals surface area contributed by atoms with Crippen LogP contribution < -0.4 is 9.47 Å². The van der Waals surface area contributed by atoms with Crippen LogP contribution in [0.5, 0.6) is 11.5 Å². The van der Waals surface area contributed by atoms with Gasteiger partial charge in [-0.05, 0) is 60.9 Å². The van der Waals surface area contributed by atoms with Gasteiger partial charge in [-0.3, -0.25) is 14.5 Å². The van der Waals surface area contributed by atoms with E-state index >= 15 is 0 Å². The number of aryl methyl sites for hydroxylation is 1. The van der Waals surface area contributed by atoms with Gasteiger partial charge in [0.05, 0.1) is 11.5 Å². The first kappa shape index (κ1) is 22.4. The van der Waals surface area contributed by atoms with Crippen LogP contribution in [0.1, 0.15) is 24.5 Å². The third-order valence-corrected chi connectivity index (χ3v) is 5.39. The van der Waals surface area contributed by atoms with Gasteiger partial charge in [0.25, 0.3) is 11.1 Å². The molecule has 0 aliphatic carbocycles. The van der Waals surface area contributed by atoms with Gasteiger partial charge in [-0.15, -0.1) is 0 Å². The van der Waals surface area contributed by atoms with Crippen LogP contribution in [0.4, 0.5) is 4.79 Å². The third kappa shape index (κ3) is 6.11. The predicted molar refractivity (Wildman–Crippen MR) is 118 cm³/mol. The summed E-state index contributed by atoms with van der Waals surface area (Å²) in [7, 11) is 0. The average molecular weight is 442 g/mol. The molecule has 0 unspecified atom stereocenters. The zero-order chi connectivity index (χ0) is 22.2. The molecule has 2 aromatic carbocycles. The smallest absolute Gasteiger partial charge is 0.341 e. The summed E-state index contributed by atoms with van der Waals surface area (Å²) in [4.78, 5) is 37.4. The van der Waals surface area contributed by atoms with Crippen molar-refractivity contribution in [2.24, 2.45) is 0 Å². The minimum atomic E-state index is -1.09. The van der Waals surface area contributed by atoms with Crippen molar-refractivity contribution in [3.63, 3.8) is 0 Å². The highest BCUT2D eigenvalue weighted by atomic mass is 32.2. The number of thioether (sulfide) groups is 1. The Morgan fingerprint density at radius 3 is 2.58 bits per heavy atom. The Labute approximate surface area is 184 Å². The fraction of sp³-hybridized carbons (Fsp3) is 0.261. The third-order valence-electron chi connectivity index (χ3n) is 4.48. The minimum absolute atomic E-state index is 0.282. The van der Waals surface area contributed by atoms with Gasteiger partial charge in [-0.25, -0.2) is 4.79 Å². The molecule has 0 aromatic heterocycles. The summed E-state index contributed by atoms with van der Waals surface area (Å²) in [5.41, 5.74) is 1.82. The molecule has 1 aliphatic rings. The van der Waals surface area contributed by atoms with E-state index in [4.69, 9.17) is 14.6 Å². The van der Waals surface area contributed by atoms with Crippen LogP contribution in [0.15, 0.2) is 53.4 Å². The van der Waals surface area contributed by atoms with Crippen LogP contribution in [-0.4, -0.2) is 46.9 Å². The lowest BCUT2D eigenvalue weighted by atomic mass is 10.1. The number of ether oxygens (including phenoxy) is 2. The van der Waals surface area contributed by atoms with Crippen molar-refractivity contribution in [3.05, 3.63) is 64.6 Å². The molecule has 31 heavy (non-hydrogen) atoms. The molecule has 0 saturated carbocycles. The Kier molecular flexibility index (Phi) is 7.72. The van der Waals surface area contributed by atoms with E-state index in [9.17, 15) is 14.4 Å². The maximum absolute atomic E-state index is 12.7. The first-order valence-corrected chi connectivity index (χ1v) is 10.7. The van der Waals surface area contributed by atoms with Crippen molar-refractivity contribution in [1.82, 2.24) is 4.90 Å². The summed E-state index contributed by atoms with van der Waals surface area (Å²) < 4.78 is 10.8. The normalized spacial score (nSPS) is 14.9. The highest BCUT2D eigenvalue weighted by Gasteiger charge is 2.34. The maximum atomic E-state index is 12.7. The van der Waals surface area contributed by atoms with Gasteiger partial charge < -0.3 is 14.6 Å². The molecular weight excluding hydrogens is 418 g/mol. The van der Waals surface area contributed by atoms with E-state index in [1.807, 2.05) is 30.3 Å². The fourth-order valence-electron chi connectivity index (χ4n) is 3.07. The number of carboxylic acids is 1. The van der Waals surface area contributed by atoms with E-state index in [0.717, 1.165) is 18.2 Å². The van der Waals surface area contributed by atoms with E-state index in [2.05, 4.69) is 0 Å². The molecule has 1 heterocycles. The second-order valence-corrected chi connectivity index (χ2v) is 7.74. The van der Waals surface area contributed by atoms with Gasteiger partial charge in [-0.1, -0.05) is 36.4 Å². The maximum Gasteiger partial charge on any atom is 0.341 e. The number of carbonyl (C=O) groups is 3. The lowest BCUT2D eigenvalue weighted by molar-refractivity contribution is -0.139. The summed E-state index contributed by atoms with van der Waals surface area (Å²) >= 11 is 0.909. The molecule has 0 radical (unpaired) electrons. The molecule has 1 N–H and O–H groups in total. The SMILES string of the molecule is CCOc1cc(/C=C2/SC(=O)N(CCCc3ccccc3)C2=O)ccc1OCC(=O)O. The number of hydrogen-bond donors (Lipinski definition) is 1. The number of nitrogens with zero attached hydrogens (tertiary/aromatic N) is 1. The van der Waals surface area contributed by atoms with Gasteiger partial charge in [0.15, 0.2) is 18.1 Å². The van der Waals surface area contributed by atoms with Gasteiger partial charge in [0, 0.05) is 6.54 Å². The van der Waals surface area contributed by atoms with Gasteiger partial charge in [0.1, 0.15) is 0 Å². The largest absolute Gasteiger partial charge is 0.490 e. The summed E-state index contributed by atoms with van der Waals surface area (Å²) in [6.07, 6.45) is 3.11. The molecule has 0 atom stereocenters. The van der Waals surface area contributed by atoms with Crippen LogP contribution in [0, 0.1) is 0 Å². The lowest BCUT2D eigenvalue weighted by Crippen LogP contribution is -2.29. The number of carbonyl (C=O) groups excluding carboxylic acids is 2. The van der Waals surface area contributed by atoms with Gasteiger partial charge in [-0.2, -0.15) is 0 Å². The molecule has 2 amide bonds. The Bertz CT molecular complexity index is 989. The van der Waals surface area contributed by atoms with E-state index in [0.29, 0.717) is 41.5 Å². The van der Waals surface area contributed by atoms with Crippen LogP contribution >= 0.6 is 11.8 Å². The minimum Gasteiger partial charge on any atom is -0.490 e. The molecule has 1 saturated heterocycles. The van der Waals surface area contributed by atoms with E-state index in [1.165, 1.54) is 10.5 Å². The van der Waals surface area contributed by atoms with Crippen LogP contribution in [0.2, 0.25) is 0 Å². The Balaban J connectivity index is 1.68. The monoisotopic (exact) mass is 441 g/mol. The Morgan fingerprint density at radius 1 is 1.10 bits per heavy atom. The molecule has 8 heteroatoms. The standard InChI is InChI=1S/C23H23NO6S/c1-2-29-19-13-17(10-11-18(19)30-15-21(25)26)14-20-22(27)24(23(28)31-20)12-6-9-16-7-4-3-5-8-16/h3-5,7-8,10-11,13-14H,2,6,9,12,15H2,1H3,(H,25,26)/b20-14+. The van der Waals surface area contributed by atoms with E-state index < -0.39 is 12.6 Å². The molecule has 3 rings (SSSR count). The summed E-state index contributed by atoms with van der Waals surface area (Å²) in [5, 5.41) is 8.51. The number of carboxylic acid groups (broad SMARTS) is 1. The molecule has 0 bridgehead atoms. The zero-order valence-corrected chi connectivity index (χ0v) is 17.9. The molecule has 0 spiro atoms. The van der Waals surface area contributed by atoms with Crippen molar-refractivity contribution < 1.29 is 29.0 Å². The number of imide groups is 1. The fourth-order valence-corrected chi connectivity index (χ4v) is 3.94. The first-order valence-electron chi connectivity index (χ1n) is 9.88. The molecule has 2 aromatic rings. The van der Waals surface area contributed by atoms with Crippen molar-refractivity contribution in [1.29, 1.82) is 0 Å². The molecule has 162 valence electrons. The Morgan fingerprint density at radius 2 is 1.87 bits per heavy atom. The lowest BCUT2D eigenvalue weighted by Gasteiger charge is -2.12. The van der Waals surface area contributed by atoms with Crippen LogP contribution in [-0.2, 0) is 16.0 Å². The number of hydrogen-bond acceptors (Lipinski definition) is 6. The molecule has 1 fully saturated rings. The second-order valence-electron chi connectivity index (χ2n) is 6.74. The number of aliphatic carboxylic acids is 1. The number of rotatable bonds is 10. The summed E-state index contributed by atoms with van der Waals surface area (Å²) in [6, 6.07) is 14.9. The van der Waals surface area contributed by atoms with Crippen molar-refractivity contribution in [2.75, 3.05) is 19.8 Å². The highest BCUT2D eigenvalue weighted by Crippen LogP contribution is 2.34. The van der Waals surface area contributed by atoms with Crippen molar-refractivity contribution >= 4 is 35.0 Å². The summed E-state index contributed by atoms with van der Waals surface area (Å²) in [5.74, 6) is -0.727. The molecule has 1 aliphatic heterocycles. The van der Waals surface area contributed by atoms with E-state index in [-0.39, 0.29) is 11.1 Å². The predicted octanol–water partition coefficient (Wildman–Crippen LogP) is 4.22. The highest BCUT2D eigenvalue weighted by molar-refractivity contribution is 8.18. The molecule has 7 nitrogen and oxygen atoms in total. The van der Waals surface area contributed by atoms with E-state index in [1.54, 1.807) is 31.2 Å². The first-order chi connectivity index (χ1) is 15.0. The topological polar surface area (TPSA) is 93.1 Å². The van der Waals surface area contributed by atoms with Crippen LogP contribution in [0.3, 0.4) is 0 Å².